The first-order valence-electron chi connectivity index (χ1n) is 3.21. The van der Waals surface area contributed by atoms with E-state index in [4.69, 9.17) is 0 Å². The van der Waals surface area contributed by atoms with Crippen LogP contribution in [0.5, 0.6) is 0 Å². The van der Waals surface area contributed by atoms with Crippen LogP contribution in [-0.4, -0.2) is 17.7 Å². The molecule has 6 heteroatoms. The molecule has 0 aromatic rings. The molecule has 0 aromatic carbocycles. The minimum Gasteiger partial charge on any atom is -0.201 e. The van der Waals surface area contributed by atoms with Gasteiger partial charge >= 0.3 is 5.92 Å². The number of halogens is 5. The molecule has 1 aliphatic heterocycles. The average molecular weight is 204 g/mol. The Hall–Kier alpha value is -0.180. The summed E-state index contributed by atoms with van der Waals surface area (Å²) in [5.74, 6) is -4.73. The van der Waals surface area contributed by atoms with Crippen LogP contribution >= 0.6 is 7.92 Å². The lowest BCUT2D eigenvalue weighted by Gasteiger charge is -2.29. The molecule has 0 radical (unpaired) electrons. The van der Waals surface area contributed by atoms with E-state index in [2.05, 4.69) is 0 Å². The molecule has 0 aromatic heterocycles. The van der Waals surface area contributed by atoms with Crippen LogP contribution in [0.4, 0.5) is 22.0 Å². The van der Waals surface area contributed by atoms with E-state index in [1.54, 1.807) is 0 Å². The first-order chi connectivity index (χ1) is 5.34. The van der Waals surface area contributed by atoms with Gasteiger partial charge in [-0.05, 0) is 6.16 Å². The van der Waals surface area contributed by atoms with E-state index in [-0.39, 0.29) is 0 Å². The number of alkyl halides is 5. The Morgan fingerprint density at radius 3 is 2.08 bits per heavy atom. The molecule has 1 unspecified atom stereocenters. The normalized spacial score (nSPS) is 28.9. The average Bonchev–Trinajstić information content (AvgIpc) is 1.83. The minimum atomic E-state index is -4.73. The van der Waals surface area contributed by atoms with Crippen molar-refractivity contribution in [3.8, 4) is 0 Å². The van der Waals surface area contributed by atoms with Crippen molar-refractivity contribution in [2.45, 2.75) is 18.0 Å². The van der Waals surface area contributed by atoms with Gasteiger partial charge < -0.3 is 0 Å². The van der Waals surface area contributed by atoms with Gasteiger partial charge in [0.15, 0.2) is 0 Å². The summed E-state index contributed by atoms with van der Waals surface area (Å²) >= 11 is 0. The van der Waals surface area contributed by atoms with Gasteiger partial charge in [-0.15, -0.1) is 0 Å². The minimum absolute atomic E-state index is 0.550. The summed E-state index contributed by atoms with van der Waals surface area (Å²) in [6, 6.07) is 0. The van der Waals surface area contributed by atoms with Crippen molar-refractivity contribution in [3.05, 3.63) is 12.2 Å². The summed E-state index contributed by atoms with van der Waals surface area (Å²) in [5.41, 5.74) is -3.57. The van der Waals surface area contributed by atoms with E-state index >= 15 is 0 Å². The van der Waals surface area contributed by atoms with Gasteiger partial charge in [0.2, 0.25) is 0 Å². The van der Waals surface area contributed by atoms with Gasteiger partial charge in [0.25, 0.3) is 5.66 Å². The maximum absolute atomic E-state index is 12.6. The Balaban J connectivity index is 2.83. The number of rotatable bonds is 0. The Labute approximate surface area is 67.2 Å². The summed E-state index contributed by atoms with van der Waals surface area (Å²) in [4.78, 5) is 0. The first kappa shape index (κ1) is 9.90. The summed E-state index contributed by atoms with van der Waals surface area (Å²) in [6.45, 7) is 0. The van der Waals surface area contributed by atoms with E-state index in [1.807, 2.05) is 0 Å². The van der Waals surface area contributed by atoms with Crippen LogP contribution in [0.2, 0.25) is 0 Å². The quantitative estimate of drug-likeness (QED) is 0.321. The molecule has 12 heavy (non-hydrogen) atoms. The lowest BCUT2D eigenvalue weighted by atomic mass is 10.4. The monoisotopic (exact) mass is 204 g/mol. The summed E-state index contributed by atoms with van der Waals surface area (Å²) in [7, 11) is -3.18. The van der Waals surface area contributed by atoms with Crippen LogP contribution < -0.4 is 0 Å². The van der Waals surface area contributed by atoms with Gasteiger partial charge in [-0.1, -0.05) is 12.2 Å². The third-order valence-corrected chi connectivity index (χ3v) is 3.68. The zero-order chi connectivity index (χ0) is 9.41. The molecule has 0 fully saturated rings. The maximum Gasteiger partial charge on any atom is 0.411 e. The summed E-state index contributed by atoms with van der Waals surface area (Å²) in [5, 5.41) is 0. The molecule has 0 spiro atoms. The smallest absolute Gasteiger partial charge is 0.201 e. The molecule has 0 N–H and O–H groups in total. The van der Waals surface area contributed by atoms with Crippen molar-refractivity contribution in [3.63, 3.8) is 0 Å². The second kappa shape index (κ2) is 2.95. The van der Waals surface area contributed by atoms with Gasteiger partial charge in [0.1, 0.15) is 0 Å². The topological polar surface area (TPSA) is 0 Å². The van der Waals surface area contributed by atoms with E-state index in [9.17, 15) is 22.0 Å². The lowest BCUT2D eigenvalue weighted by molar-refractivity contribution is -0.0519. The van der Waals surface area contributed by atoms with E-state index in [0.717, 1.165) is 6.08 Å². The Bertz CT molecular complexity index is 195. The Kier molecular flexibility index (Phi) is 2.43. The molecule has 70 valence electrons. The van der Waals surface area contributed by atoms with E-state index in [1.165, 1.54) is 6.08 Å². The molecule has 0 amide bonds. The van der Waals surface area contributed by atoms with Gasteiger partial charge in [0.05, 0.1) is 7.92 Å². The lowest BCUT2D eigenvalue weighted by Crippen LogP contribution is -2.25. The predicted molar refractivity (Wildman–Crippen MR) is 36.5 cm³/mol. The predicted octanol–water partition coefficient (Wildman–Crippen LogP) is 3.54. The van der Waals surface area contributed by atoms with Crippen LogP contribution in [0.1, 0.15) is 6.42 Å². The zero-order valence-electron chi connectivity index (χ0n) is 5.91. The molecule has 0 saturated heterocycles. The molecule has 1 heterocycles. The maximum atomic E-state index is 12.6. The highest BCUT2D eigenvalue weighted by molar-refractivity contribution is 7.60. The number of allylic oxidation sites excluding steroid dienone is 2. The molecular weight excluding hydrogens is 198 g/mol. The third kappa shape index (κ3) is 1.94. The highest BCUT2D eigenvalue weighted by Gasteiger charge is 2.54. The fourth-order valence-electron chi connectivity index (χ4n) is 0.938. The standard InChI is InChI=1S/C6H6F5P/c7-5(8)3-1-2-4-12(5)6(9,10)11/h1-2H,3-4H2. The van der Waals surface area contributed by atoms with Gasteiger partial charge in [-0.25, -0.2) is 8.78 Å². The van der Waals surface area contributed by atoms with E-state index in [0.29, 0.717) is 0 Å². The molecule has 1 aliphatic rings. The Morgan fingerprint density at radius 2 is 1.75 bits per heavy atom. The number of hydrogen-bond donors (Lipinski definition) is 0. The van der Waals surface area contributed by atoms with Crippen molar-refractivity contribution in [1.29, 1.82) is 0 Å². The van der Waals surface area contributed by atoms with Crippen molar-refractivity contribution in [1.82, 2.24) is 0 Å². The van der Waals surface area contributed by atoms with Crippen molar-refractivity contribution in [2.75, 3.05) is 6.16 Å². The highest BCUT2D eigenvalue weighted by Crippen LogP contribution is 2.66. The molecule has 0 nitrogen and oxygen atoms in total. The van der Waals surface area contributed by atoms with Gasteiger partial charge in [0, 0.05) is 6.42 Å². The first-order valence-corrected chi connectivity index (χ1v) is 4.74. The highest BCUT2D eigenvalue weighted by atomic mass is 31.1. The molecule has 0 bridgehead atoms. The SMILES string of the molecule is FC(F)(F)P1CC=CCC1(F)F. The fraction of sp³-hybridized carbons (Fsp3) is 0.667. The van der Waals surface area contributed by atoms with Crippen LogP contribution in [0.15, 0.2) is 12.2 Å². The molecule has 0 saturated carbocycles. The molecule has 1 rings (SSSR count). The van der Waals surface area contributed by atoms with Crippen molar-refractivity contribution in [2.24, 2.45) is 0 Å². The third-order valence-electron chi connectivity index (χ3n) is 1.52. The fourth-order valence-corrected chi connectivity index (χ4v) is 2.47. The summed E-state index contributed by atoms with van der Waals surface area (Å²) < 4.78 is 61.1. The number of hydrogen-bond acceptors (Lipinski definition) is 0. The van der Waals surface area contributed by atoms with Gasteiger partial charge in [-0.3, -0.25) is 0 Å². The second-order valence-electron chi connectivity index (χ2n) is 2.42. The van der Waals surface area contributed by atoms with Crippen molar-refractivity contribution < 1.29 is 22.0 Å². The van der Waals surface area contributed by atoms with Crippen LogP contribution in [-0.2, 0) is 0 Å². The van der Waals surface area contributed by atoms with Crippen LogP contribution in [0, 0.1) is 0 Å². The molecular formula is C6H6F5P. The zero-order valence-corrected chi connectivity index (χ0v) is 6.80. The largest absolute Gasteiger partial charge is 0.411 e. The van der Waals surface area contributed by atoms with Gasteiger partial charge in [-0.2, -0.15) is 13.2 Å². The van der Waals surface area contributed by atoms with E-state index < -0.39 is 32.1 Å². The van der Waals surface area contributed by atoms with Crippen LogP contribution in [0.3, 0.4) is 0 Å². The molecule has 0 aliphatic carbocycles. The van der Waals surface area contributed by atoms with Crippen LogP contribution in [0.25, 0.3) is 0 Å². The summed E-state index contributed by atoms with van der Waals surface area (Å²) in [6.07, 6.45) is 0.950. The van der Waals surface area contributed by atoms with Crippen molar-refractivity contribution >= 4 is 7.92 Å². The molecule has 1 atom stereocenters. The second-order valence-corrected chi connectivity index (χ2v) is 4.80. The Morgan fingerprint density at radius 1 is 1.17 bits per heavy atom.